The first kappa shape index (κ1) is 18.4. The van der Waals surface area contributed by atoms with E-state index in [0.717, 1.165) is 26.9 Å². The number of nitrogens with two attached hydrogens (primary N) is 1. The Labute approximate surface area is 174 Å². The predicted molar refractivity (Wildman–Crippen MR) is 109 cm³/mol. The number of hydrogen-bond donors (Lipinski definition) is 2. The molecule has 0 bridgehead atoms. The molecule has 140 valence electrons. The molecule has 4 rings (SSSR count). The molecule has 3 aromatic rings. The number of methoxy groups -OCH3 is 1. The summed E-state index contributed by atoms with van der Waals surface area (Å²) in [7, 11) is 1.60. The van der Waals surface area contributed by atoms with Gasteiger partial charge in [0.2, 0.25) is 11.8 Å². The molecule has 0 amide bonds. The maximum absolute atomic E-state index is 9.77. The number of nitrogens with one attached hydrogen (secondary N) is 1. The van der Waals surface area contributed by atoms with Crippen LogP contribution in [0.3, 0.4) is 0 Å². The van der Waals surface area contributed by atoms with Gasteiger partial charge in [0.1, 0.15) is 17.4 Å². The first-order chi connectivity index (χ1) is 13.5. The summed E-state index contributed by atoms with van der Waals surface area (Å²) in [6.45, 7) is 0. The molecule has 1 aliphatic heterocycles. The molecule has 0 radical (unpaired) electrons. The lowest BCUT2D eigenvalue weighted by molar-refractivity contribution is 0.379. The summed E-state index contributed by atoms with van der Waals surface area (Å²) in [6.07, 6.45) is 0. The predicted octanol–water partition coefficient (Wildman–Crippen LogP) is 4.72. The lowest BCUT2D eigenvalue weighted by atomic mass is 9.83. The summed E-state index contributed by atoms with van der Waals surface area (Å²) in [5, 5.41) is 17.7. The second kappa shape index (κ2) is 7.23. The zero-order valence-electron chi connectivity index (χ0n) is 14.7. The highest BCUT2D eigenvalue weighted by Gasteiger charge is 2.35. The van der Waals surface area contributed by atoms with Gasteiger partial charge in [-0.3, -0.25) is 5.10 Å². The third kappa shape index (κ3) is 3.01. The van der Waals surface area contributed by atoms with Crippen LogP contribution in [0.1, 0.15) is 17.0 Å². The van der Waals surface area contributed by atoms with E-state index in [9.17, 15) is 5.26 Å². The minimum absolute atomic E-state index is 0.0427. The van der Waals surface area contributed by atoms with E-state index in [0.29, 0.717) is 22.2 Å². The molecule has 1 atom stereocenters. The zero-order chi connectivity index (χ0) is 19.8. The van der Waals surface area contributed by atoms with E-state index in [4.69, 9.17) is 26.8 Å². The molecule has 28 heavy (non-hydrogen) atoms. The van der Waals surface area contributed by atoms with Gasteiger partial charge in [-0.15, -0.1) is 5.10 Å². The van der Waals surface area contributed by atoms with Crippen molar-refractivity contribution in [3.8, 4) is 29.0 Å². The number of aromatic amines is 1. The molecule has 0 aliphatic carbocycles. The maximum atomic E-state index is 9.77. The van der Waals surface area contributed by atoms with Crippen LogP contribution in [0.25, 0.3) is 11.3 Å². The molecule has 0 saturated carbocycles. The van der Waals surface area contributed by atoms with Crippen LogP contribution in [0, 0.1) is 11.3 Å². The Morgan fingerprint density at radius 3 is 2.68 bits per heavy atom. The molecule has 0 unspecified atom stereocenters. The fourth-order valence-corrected chi connectivity index (χ4v) is 3.96. The maximum Gasteiger partial charge on any atom is 0.244 e. The lowest BCUT2D eigenvalue weighted by Crippen LogP contribution is -2.21. The lowest BCUT2D eigenvalue weighted by Gasteiger charge is -2.24. The van der Waals surface area contributed by atoms with Gasteiger partial charge >= 0.3 is 0 Å². The van der Waals surface area contributed by atoms with Crippen molar-refractivity contribution in [3.63, 3.8) is 0 Å². The Bertz CT molecular complexity index is 1130. The molecule has 8 heteroatoms. The van der Waals surface area contributed by atoms with E-state index in [2.05, 4.69) is 32.2 Å². The molecule has 0 spiro atoms. The zero-order valence-corrected chi connectivity index (χ0v) is 17.0. The van der Waals surface area contributed by atoms with Crippen LogP contribution in [0.4, 0.5) is 0 Å². The Hall–Kier alpha value is -2.95. The number of halogens is 2. The van der Waals surface area contributed by atoms with Crippen molar-refractivity contribution in [3.05, 3.63) is 74.5 Å². The number of aromatic nitrogens is 2. The molecular weight excluding hydrogens is 444 g/mol. The molecule has 2 heterocycles. The van der Waals surface area contributed by atoms with Gasteiger partial charge in [-0.05, 0) is 45.8 Å². The quantitative estimate of drug-likeness (QED) is 0.593. The van der Waals surface area contributed by atoms with Crippen LogP contribution >= 0.6 is 27.5 Å². The van der Waals surface area contributed by atoms with Gasteiger partial charge < -0.3 is 15.2 Å². The second-order valence-corrected chi connectivity index (χ2v) is 7.43. The van der Waals surface area contributed by atoms with Crippen molar-refractivity contribution in [1.29, 1.82) is 5.26 Å². The summed E-state index contributed by atoms with van der Waals surface area (Å²) in [6, 6.07) is 15.2. The molecule has 0 saturated heterocycles. The van der Waals surface area contributed by atoms with E-state index in [-0.39, 0.29) is 5.88 Å². The molecular formula is C20H14BrClN4O2. The number of rotatable bonds is 3. The summed E-state index contributed by atoms with van der Waals surface area (Å²) in [4.78, 5) is 0. The SMILES string of the molecule is COc1ccc([C@@H]2C(C#N)=C(N)Oc3n[nH]c(-c4ccc(Cl)cc4)c32)cc1Br. The highest BCUT2D eigenvalue weighted by molar-refractivity contribution is 9.10. The van der Waals surface area contributed by atoms with Crippen LogP contribution in [-0.2, 0) is 0 Å². The minimum atomic E-state index is -0.444. The number of H-pyrrole nitrogens is 1. The molecule has 6 nitrogen and oxygen atoms in total. The van der Waals surface area contributed by atoms with Crippen molar-refractivity contribution in [2.75, 3.05) is 7.11 Å². The number of fused-ring (bicyclic) bond motifs is 1. The number of benzene rings is 2. The van der Waals surface area contributed by atoms with Crippen LogP contribution < -0.4 is 15.2 Å². The average Bonchev–Trinajstić information content (AvgIpc) is 3.10. The monoisotopic (exact) mass is 456 g/mol. The third-order valence-electron chi connectivity index (χ3n) is 4.58. The van der Waals surface area contributed by atoms with Gasteiger partial charge in [-0.2, -0.15) is 5.26 Å². The van der Waals surface area contributed by atoms with Crippen LogP contribution in [0.5, 0.6) is 11.6 Å². The molecule has 1 aliphatic rings. The van der Waals surface area contributed by atoms with E-state index in [1.807, 2.05) is 30.3 Å². The van der Waals surface area contributed by atoms with Crippen LogP contribution in [-0.4, -0.2) is 17.3 Å². The Kier molecular flexibility index (Phi) is 4.75. The van der Waals surface area contributed by atoms with Crippen molar-refractivity contribution in [2.45, 2.75) is 5.92 Å². The van der Waals surface area contributed by atoms with E-state index in [1.165, 1.54) is 0 Å². The largest absolute Gasteiger partial charge is 0.496 e. The Morgan fingerprint density at radius 1 is 1.29 bits per heavy atom. The molecule has 1 aromatic heterocycles. The number of hydrogen-bond acceptors (Lipinski definition) is 5. The summed E-state index contributed by atoms with van der Waals surface area (Å²) < 4.78 is 11.7. The highest BCUT2D eigenvalue weighted by atomic mass is 79.9. The van der Waals surface area contributed by atoms with Gasteiger partial charge in [0, 0.05) is 10.6 Å². The average molecular weight is 458 g/mol. The van der Waals surface area contributed by atoms with Crippen molar-refractivity contribution in [1.82, 2.24) is 10.2 Å². The van der Waals surface area contributed by atoms with Crippen molar-refractivity contribution < 1.29 is 9.47 Å². The van der Waals surface area contributed by atoms with E-state index >= 15 is 0 Å². The summed E-state index contributed by atoms with van der Waals surface area (Å²) in [5.41, 5.74) is 9.55. The molecule has 2 aromatic carbocycles. The normalized spacial score (nSPS) is 15.6. The highest BCUT2D eigenvalue weighted by Crippen LogP contribution is 2.46. The number of allylic oxidation sites excluding steroid dienone is 1. The topological polar surface area (TPSA) is 96.9 Å². The minimum Gasteiger partial charge on any atom is -0.496 e. The van der Waals surface area contributed by atoms with Crippen LogP contribution in [0.2, 0.25) is 5.02 Å². The van der Waals surface area contributed by atoms with Gasteiger partial charge in [0.25, 0.3) is 0 Å². The number of ether oxygens (including phenoxy) is 2. The standard InChI is InChI=1S/C20H14BrClN4O2/c1-27-15-7-4-11(8-14(15)21)16-13(9-23)19(24)28-20-17(16)18(25-26-20)10-2-5-12(22)6-3-10/h2-8,16H,24H2,1H3,(H,25,26)/t16-/m1/s1. The van der Waals surface area contributed by atoms with E-state index < -0.39 is 5.92 Å². The van der Waals surface area contributed by atoms with Gasteiger partial charge in [0.15, 0.2) is 0 Å². The van der Waals surface area contributed by atoms with E-state index in [1.54, 1.807) is 19.2 Å². The van der Waals surface area contributed by atoms with Gasteiger partial charge in [-0.25, -0.2) is 0 Å². The first-order valence-corrected chi connectivity index (χ1v) is 9.45. The molecule has 3 N–H and O–H groups in total. The number of nitriles is 1. The van der Waals surface area contributed by atoms with Gasteiger partial charge in [0.05, 0.1) is 28.8 Å². The summed E-state index contributed by atoms with van der Waals surface area (Å²) >= 11 is 9.53. The van der Waals surface area contributed by atoms with Crippen LogP contribution in [0.15, 0.2) is 58.4 Å². The fraction of sp³-hybridized carbons (Fsp3) is 0.100. The number of nitrogens with zero attached hydrogens (tertiary/aromatic N) is 2. The Balaban J connectivity index is 1.93. The Morgan fingerprint density at radius 2 is 2.04 bits per heavy atom. The fourth-order valence-electron chi connectivity index (χ4n) is 3.28. The summed E-state index contributed by atoms with van der Waals surface area (Å²) in [5.74, 6) is 0.636. The smallest absolute Gasteiger partial charge is 0.244 e. The van der Waals surface area contributed by atoms with Crippen molar-refractivity contribution >= 4 is 27.5 Å². The van der Waals surface area contributed by atoms with Gasteiger partial charge in [-0.1, -0.05) is 29.8 Å². The van der Waals surface area contributed by atoms with Crippen molar-refractivity contribution in [2.24, 2.45) is 5.73 Å². The first-order valence-electron chi connectivity index (χ1n) is 8.28. The third-order valence-corrected chi connectivity index (χ3v) is 5.45. The second-order valence-electron chi connectivity index (χ2n) is 6.14. The molecule has 0 fully saturated rings.